The lowest BCUT2D eigenvalue weighted by molar-refractivity contribution is 0.0916. The maximum absolute atomic E-state index is 13.0. The van der Waals surface area contributed by atoms with E-state index >= 15 is 0 Å². The van der Waals surface area contributed by atoms with Crippen LogP contribution < -0.4 is 15.0 Å². The van der Waals surface area contributed by atoms with Gasteiger partial charge in [0, 0.05) is 0 Å². The number of ketones is 1. The number of hydrogen-bond donors (Lipinski definition) is 1. The number of benzene rings is 2. The fourth-order valence-corrected chi connectivity index (χ4v) is 3.37. The van der Waals surface area contributed by atoms with E-state index in [0.717, 1.165) is 15.7 Å². The molecule has 32 heavy (non-hydrogen) atoms. The van der Waals surface area contributed by atoms with E-state index in [4.69, 9.17) is 9.47 Å². The highest BCUT2D eigenvalue weighted by Gasteiger charge is 2.24. The predicted octanol–water partition coefficient (Wildman–Crippen LogP) is 3.67. The topological polar surface area (TPSA) is 102 Å². The Kier molecular flexibility index (Phi) is 6.64. The van der Waals surface area contributed by atoms with Crippen LogP contribution in [0.2, 0.25) is 0 Å². The average molecular weight is 432 g/mol. The summed E-state index contributed by atoms with van der Waals surface area (Å²) in [6.45, 7) is 5.03. The van der Waals surface area contributed by atoms with E-state index in [9.17, 15) is 20.0 Å². The Morgan fingerprint density at radius 3 is 2.31 bits per heavy atom. The molecule has 2 aromatic carbocycles. The summed E-state index contributed by atoms with van der Waals surface area (Å²) in [5, 5.41) is 20.3. The normalized spacial score (nSPS) is 10.5. The Morgan fingerprint density at radius 1 is 1.06 bits per heavy atom. The number of methoxy groups -OCH3 is 1. The van der Waals surface area contributed by atoms with Gasteiger partial charge in [-0.1, -0.05) is 18.2 Å². The molecule has 3 aromatic rings. The number of hydrogen-bond acceptors (Lipinski definition) is 6. The van der Waals surface area contributed by atoms with E-state index < -0.39 is 17.2 Å². The summed E-state index contributed by atoms with van der Waals surface area (Å²) in [6.07, 6.45) is 0. The van der Waals surface area contributed by atoms with E-state index in [0.29, 0.717) is 17.1 Å². The predicted molar refractivity (Wildman–Crippen MR) is 120 cm³/mol. The van der Waals surface area contributed by atoms with Crippen molar-refractivity contribution in [3.63, 3.8) is 0 Å². The maximum atomic E-state index is 13.0. The molecule has 1 aromatic heterocycles. The Balaban J connectivity index is 1.96. The van der Waals surface area contributed by atoms with Crippen LogP contribution in [-0.2, 0) is 6.54 Å². The van der Waals surface area contributed by atoms with Crippen LogP contribution in [0.1, 0.15) is 38.2 Å². The van der Waals surface area contributed by atoms with E-state index in [1.54, 1.807) is 37.4 Å². The van der Waals surface area contributed by atoms with Gasteiger partial charge in [0.25, 0.3) is 5.56 Å². The first kappa shape index (κ1) is 22.6. The van der Waals surface area contributed by atoms with Crippen molar-refractivity contribution in [3.05, 3.63) is 86.2 Å². The quantitative estimate of drug-likeness (QED) is 0.572. The van der Waals surface area contributed by atoms with Gasteiger partial charge in [-0.05, 0) is 67.3 Å². The third kappa shape index (κ3) is 4.49. The van der Waals surface area contributed by atoms with Gasteiger partial charge in [0.05, 0.1) is 19.2 Å². The van der Waals surface area contributed by atoms with Crippen LogP contribution in [0.25, 0.3) is 0 Å². The van der Waals surface area contributed by atoms with E-state index in [1.165, 1.54) is 6.92 Å². The Labute approximate surface area is 186 Å². The summed E-state index contributed by atoms with van der Waals surface area (Å²) in [5.41, 5.74) is 2.00. The molecule has 7 nitrogen and oxygen atoms in total. The molecule has 0 atom stereocenters. The smallest absolute Gasteiger partial charge is 0.271 e. The molecule has 0 unspecified atom stereocenters. The van der Waals surface area contributed by atoms with Gasteiger partial charge >= 0.3 is 0 Å². The highest BCUT2D eigenvalue weighted by molar-refractivity contribution is 6.01. The van der Waals surface area contributed by atoms with Crippen molar-refractivity contribution in [3.8, 4) is 23.4 Å². The fraction of sp³-hybridized carbons (Fsp3) is 0.240. The average Bonchev–Trinajstić information content (AvgIpc) is 2.78. The number of nitriles is 1. The highest BCUT2D eigenvalue weighted by atomic mass is 16.5. The number of carbonyl (C=O) groups excluding carboxylic acids is 1. The van der Waals surface area contributed by atoms with Crippen molar-refractivity contribution in [2.24, 2.45) is 0 Å². The second-order valence-corrected chi connectivity index (χ2v) is 7.51. The number of carbonyl (C=O) groups is 1. The lowest BCUT2D eigenvalue weighted by Gasteiger charge is -2.16. The van der Waals surface area contributed by atoms with Crippen LogP contribution in [-0.4, -0.2) is 29.2 Å². The molecule has 0 aliphatic rings. The molecule has 1 N–H and O–H groups in total. The summed E-state index contributed by atoms with van der Waals surface area (Å²) >= 11 is 0. The first-order chi connectivity index (χ1) is 15.3. The number of nitrogens with zero attached hydrogens (tertiary/aromatic N) is 2. The van der Waals surface area contributed by atoms with Crippen LogP contribution >= 0.6 is 0 Å². The second-order valence-electron chi connectivity index (χ2n) is 7.51. The van der Waals surface area contributed by atoms with Crippen molar-refractivity contribution < 1.29 is 19.4 Å². The molecule has 0 saturated carbocycles. The number of rotatable bonds is 7. The third-order valence-electron chi connectivity index (χ3n) is 5.43. The van der Waals surface area contributed by atoms with E-state index in [1.807, 2.05) is 32.0 Å². The van der Waals surface area contributed by atoms with Gasteiger partial charge in [-0.3, -0.25) is 14.2 Å². The van der Waals surface area contributed by atoms with Gasteiger partial charge in [0.15, 0.2) is 6.61 Å². The van der Waals surface area contributed by atoms with Gasteiger partial charge in [-0.15, -0.1) is 0 Å². The Morgan fingerprint density at radius 2 is 1.72 bits per heavy atom. The molecule has 0 saturated heterocycles. The molecule has 0 bridgehead atoms. The summed E-state index contributed by atoms with van der Waals surface area (Å²) < 4.78 is 11.8. The molecular weight excluding hydrogens is 408 g/mol. The van der Waals surface area contributed by atoms with E-state index in [2.05, 4.69) is 0 Å². The van der Waals surface area contributed by atoms with Crippen molar-refractivity contribution in [1.29, 1.82) is 5.26 Å². The van der Waals surface area contributed by atoms with Crippen LogP contribution in [0, 0.1) is 32.1 Å². The SMILES string of the molecule is COc1ccc(Cn2c(O)c(C(=O)COc3ccc(C)c(C)c3)c(C)c(C#N)c2=O)cc1. The van der Waals surface area contributed by atoms with Crippen molar-refractivity contribution in [2.75, 3.05) is 13.7 Å². The summed E-state index contributed by atoms with van der Waals surface area (Å²) in [4.78, 5) is 25.8. The van der Waals surface area contributed by atoms with Gasteiger partial charge in [0.2, 0.25) is 11.7 Å². The molecule has 3 rings (SSSR count). The summed E-state index contributed by atoms with van der Waals surface area (Å²) in [6, 6.07) is 14.2. The molecule has 0 aliphatic heterocycles. The summed E-state index contributed by atoms with van der Waals surface area (Å²) in [5.74, 6) is 0.145. The first-order valence-corrected chi connectivity index (χ1v) is 9.99. The van der Waals surface area contributed by atoms with Gasteiger partial charge < -0.3 is 14.6 Å². The zero-order valence-electron chi connectivity index (χ0n) is 18.4. The molecule has 7 heteroatoms. The summed E-state index contributed by atoms with van der Waals surface area (Å²) in [7, 11) is 1.54. The van der Waals surface area contributed by atoms with Crippen LogP contribution in [0.3, 0.4) is 0 Å². The Hall–Kier alpha value is -4.05. The van der Waals surface area contributed by atoms with Crippen LogP contribution in [0.5, 0.6) is 17.4 Å². The monoisotopic (exact) mass is 432 g/mol. The molecule has 164 valence electrons. The molecule has 1 heterocycles. The van der Waals surface area contributed by atoms with E-state index in [-0.39, 0.29) is 29.8 Å². The molecule has 0 fully saturated rings. The first-order valence-electron chi connectivity index (χ1n) is 9.99. The van der Waals surface area contributed by atoms with Gasteiger partial charge in [-0.2, -0.15) is 5.26 Å². The fourth-order valence-electron chi connectivity index (χ4n) is 3.37. The molecule has 0 aliphatic carbocycles. The largest absolute Gasteiger partial charge is 0.497 e. The Bertz CT molecular complexity index is 1270. The third-order valence-corrected chi connectivity index (χ3v) is 5.43. The zero-order chi connectivity index (χ0) is 23.4. The number of aryl methyl sites for hydroxylation is 2. The zero-order valence-corrected chi connectivity index (χ0v) is 18.4. The lowest BCUT2D eigenvalue weighted by atomic mass is 10.0. The van der Waals surface area contributed by atoms with Gasteiger partial charge in [-0.25, -0.2) is 0 Å². The molecule has 0 spiro atoms. The molecular formula is C25H24N2O5. The highest BCUT2D eigenvalue weighted by Crippen LogP contribution is 2.24. The maximum Gasteiger partial charge on any atom is 0.271 e. The van der Waals surface area contributed by atoms with Crippen molar-refractivity contribution in [1.82, 2.24) is 4.57 Å². The van der Waals surface area contributed by atoms with Crippen molar-refractivity contribution >= 4 is 5.78 Å². The number of Topliss-reactive ketones (excluding diaryl/α,β-unsaturated/α-hetero) is 1. The van der Waals surface area contributed by atoms with Gasteiger partial charge in [0.1, 0.15) is 23.1 Å². The number of ether oxygens (including phenoxy) is 2. The van der Waals surface area contributed by atoms with Crippen LogP contribution in [0.15, 0.2) is 47.3 Å². The van der Waals surface area contributed by atoms with Crippen molar-refractivity contribution in [2.45, 2.75) is 27.3 Å². The molecule has 0 radical (unpaired) electrons. The second kappa shape index (κ2) is 9.40. The standard InChI is InChI=1S/C25H24N2O5/c1-15-5-8-20(11-16(15)2)32-14-22(28)23-17(3)21(12-26)24(29)27(25(23)30)13-18-6-9-19(31-4)10-7-18/h5-11,30H,13-14H2,1-4H3. The number of aromatic hydroxyl groups is 1. The number of pyridine rings is 1. The minimum atomic E-state index is -0.662. The number of aromatic nitrogens is 1. The molecule has 0 amide bonds. The lowest BCUT2D eigenvalue weighted by Crippen LogP contribution is -2.28. The minimum absolute atomic E-state index is 0.0120. The minimum Gasteiger partial charge on any atom is -0.497 e. The van der Waals surface area contributed by atoms with Crippen LogP contribution in [0.4, 0.5) is 0 Å².